The Bertz CT molecular complexity index is 315. The molecule has 0 aromatic heterocycles. The molecule has 1 heterocycles. The molecule has 0 spiro atoms. The van der Waals surface area contributed by atoms with Gasteiger partial charge in [-0.25, -0.2) is 0 Å². The summed E-state index contributed by atoms with van der Waals surface area (Å²) in [5.41, 5.74) is 0.114. The van der Waals surface area contributed by atoms with E-state index in [0.717, 1.165) is 31.8 Å². The summed E-state index contributed by atoms with van der Waals surface area (Å²) in [6.45, 7) is 6.79. The van der Waals surface area contributed by atoms with E-state index < -0.39 is 12.6 Å². The fourth-order valence-corrected chi connectivity index (χ4v) is 3.44. The third-order valence-corrected chi connectivity index (χ3v) is 4.80. The Morgan fingerprint density at radius 1 is 1.30 bits per heavy atom. The van der Waals surface area contributed by atoms with Crippen LogP contribution in [0, 0.1) is 5.92 Å². The van der Waals surface area contributed by atoms with Crippen LogP contribution in [0.3, 0.4) is 0 Å². The van der Waals surface area contributed by atoms with Crippen LogP contribution >= 0.6 is 0 Å². The number of nitrogens with zero attached hydrogens (tertiary/aromatic N) is 1. The molecule has 0 amide bonds. The quantitative estimate of drug-likeness (QED) is 0.805. The van der Waals surface area contributed by atoms with Gasteiger partial charge < -0.3 is 5.32 Å². The molecule has 1 aliphatic carbocycles. The Morgan fingerprint density at radius 2 is 2.00 bits per heavy atom. The maximum atomic E-state index is 12.3. The number of hydrogen-bond acceptors (Lipinski definition) is 2. The second-order valence-electron chi connectivity index (χ2n) is 6.70. The minimum Gasteiger partial charge on any atom is -0.308 e. The lowest BCUT2D eigenvalue weighted by molar-refractivity contribution is -0.136. The summed E-state index contributed by atoms with van der Waals surface area (Å²) in [4.78, 5) is 2.31. The average Bonchev–Trinajstić information content (AvgIpc) is 3.15. The molecule has 2 fully saturated rings. The summed E-state index contributed by atoms with van der Waals surface area (Å²) < 4.78 is 36.9. The molecule has 1 N–H and O–H groups in total. The molecule has 2 nitrogen and oxygen atoms in total. The molecule has 0 bridgehead atoms. The van der Waals surface area contributed by atoms with Crippen molar-refractivity contribution in [2.24, 2.45) is 5.92 Å². The van der Waals surface area contributed by atoms with E-state index in [1.54, 1.807) is 0 Å². The zero-order valence-corrected chi connectivity index (χ0v) is 12.6. The summed E-state index contributed by atoms with van der Waals surface area (Å²) in [5.74, 6) is 0.718. The van der Waals surface area contributed by atoms with E-state index in [2.05, 4.69) is 24.1 Å². The monoisotopic (exact) mass is 292 g/mol. The summed E-state index contributed by atoms with van der Waals surface area (Å²) in [6.07, 6.45) is 0.229. The van der Waals surface area contributed by atoms with Gasteiger partial charge in [0.2, 0.25) is 0 Å². The van der Waals surface area contributed by atoms with Gasteiger partial charge >= 0.3 is 6.18 Å². The van der Waals surface area contributed by atoms with Gasteiger partial charge in [0.25, 0.3) is 0 Å². The molecule has 0 aromatic rings. The summed E-state index contributed by atoms with van der Waals surface area (Å²) >= 11 is 0. The van der Waals surface area contributed by atoms with Gasteiger partial charge in [0.15, 0.2) is 0 Å². The van der Waals surface area contributed by atoms with E-state index in [0.29, 0.717) is 12.6 Å². The number of alkyl halides is 3. The Morgan fingerprint density at radius 3 is 2.55 bits per heavy atom. The van der Waals surface area contributed by atoms with Gasteiger partial charge in [0.1, 0.15) is 0 Å². The van der Waals surface area contributed by atoms with Gasteiger partial charge in [-0.05, 0) is 45.1 Å². The van der Waals surface area contributed by atoms with Gasteiger partial charge in [-0.3, -0.25) is 4.90 Å². The SMILES string of the molecule is CCCC1CNC(C)(C2CC2)CN1CCCC(F)(F)F. The average molecular weight is 292 g/mol. The Hall–Kier alpha value is -0.290. The van der Waals surface area contributed by atoms with Crippen molar-refractivity contribution in [1.82, 2.24) is 10.2 Å². The Balaban J connectivity index is 1.89. The van der Waals surface area contributed by atoms with Crippen molar-refractivity contribution in [2.45, 2.75) is 70.1 Å². The van der Waals surface area contributed by atoms with Crippen LogP contribution in [0.25, 0.3) is 0 Å². The van der Waals surface area contributed by atoms with Crippen LogP contribution in [0.15, 0.2) is 0 Å². The van der Waals surface area contributed by atoms with E-state index in [1.807, 2.05) is 0 Å². The van der Waals surface area contributed by atoms with Crippen LogP contribution in [0.2, 0.25) is 0 Å². The molecular weight excluding hydrogens is 265 g/mol. The highest BCUT2D eigenvalue weighted by Crippen LogP contribution is 2.41. The van der Waals surface area contributed by atoms with E-state index >= 15 is 0 Å². The fraction of sp³-hybridized carbons (Fsp3) is 1.00. The van der Waals surface area contributed by atoms with Crippen molar-refractivity contribution in [3.63, 3.8) is 0 Å². The number of halogens is 3. The maximum Gasteiger partial charge on any atom is 0.389 e. The van der Waals surface area contributed by atoms with Crippen molar-refractivity contribution in [3.05, 3.63) is 0 Å². The van der Waals surface area contributed by atoms with Crippen molar-refractivity contribution in [2.75, 3.05) is 19.6 Å². The lowest BCUT2D eigenvalue weighted by atomic mass is 9.90. The molecule has 2 aliphatic rings. The number of hydrogen-bond donors (Lipinski definition) is 1. The van der Waals surface area contributed by atoms with Crippen molar-refractivity contribution >= 4 is 0 Å². The van der Waals surface area contributed by atoms with Gasteiger partial charge in [0, 0.05) is 31.1 Å². The number of rotatable bonds is 6. The molecule has 0 radical (unpaired) electrons. The van der Waals surface area contributed by atoms with Gasteiger partial charge in [-0.2, -0.15) is 13.2 Å². The molecule has 2 atom stereocenters. The van der Waals surface area contributed by atoms with Crippen LogP contribution in [0.4, 0.5) is 13.2 Å². The number of piperazine rings is 1. The highest BCUT2D eigenvalue weighted by atomic mass is 19.4. The molecule has 1 aliphatic heterocycles. The fourth-order valence-electron chi connectivity index (χ4n) is 3.44. The van der Waals surface area contributed by atoms with Crippen LogP contribution in [-0.2, 0) is 0 Å². The van der Waals surface area contributed by atoms with E-state index in [1.165, 1.54) is 12.8 Å². The van der Waals surface area contributed by atoms with Crippen molar-refractivity contribution < 1.29 is 13.2 Å². The largest absolute Gasteiger partial charge is 0.389 e. The summed E-state index contributed by atoms with van der Waals surface area (Å²) in [5, 5.41) is 3.67. The molecular formula is C15H27F3N2. The molecule has 0 aromatic carbocycles. The molecule has 2 rings (SSSR count). The third-order valence-electron chi connectivity index (χ3n) is 4.80. The van der Waals surface area contributed by atoms with Gasteiger partial charge in [-0.15, -0.1) is 0 Å². The molecule has 5 heteroatoms. The lowest BCUT2D eigenvalue weighted by Gasteiger charge is -2.47. The molecule has 2 unspecified atom stereocenters. The topological polar surface area (TPSA) is 15.3 Å². The Kier molecular flexibility index (Phi) is 5.00. The summed E-state index contributed by atoms with van der Waals surface area (Å²) in [6, 6.07) is 0.403. The maximum absolute atomic E-state index is 12.3. The predicted octanol–water partition coefficient (Wildman–Crippen LogP) is 3.57. The van der Waals surface area contributed by atoms with E-state index in [9.17, 15) is 13.2 Å². The smallest absolute Gasteiger partial charge is 0.308 e. The molecule has 1 saturated heterocycles. The van der Waals surface area contributed by atoms with E-state index in [-0.39, 0.29) is 12.0 Å². The molecule has 20 heavy (non-hydrogen) atoms. The first-order valence-electron chi connectivity index (χ1n) is 7.90. The van der Waals surface area contributed by atoms with Crippen LogP contribution in [-0.4, -0.2) is 42.3 Å². The first-order chi connectivity index (χ1) is 9.34. The zero-order valence-electron chi connectivity index (χ0n) is 12.6. The van der Waals surface area contributed by atoms with Gasteiger partial charge in [-0.1, -0.05) is 13.3 Å². The second kappa shape index (κ2) is 6.22. The third kappa shape index (κ3) is 4.35. The van der Waals surface area contributed by atoms with Crippen LogP contribution in [0.1, 0.15) is 52.4 Å². The zero-order chi connectivity index (χ0) is 14.8. The van der Waals surface area contributed by atoms with Crippen molar-refractivity contribution in [1.29, 1.82) is 0 Å². The normalized spacial score (nSPS) is 32.5. The molecule has 1 saturated carbocycles. The first-order valence-corrected chi connectivity index (χ1v) is 7.90. The second-order valence-corrected chi connectivity index (χ2v) is 6.70. The van der Waals surface area contributed by atoms with E-state index in [4.69, 9.17) is 0 Å². The standard InChI is InChI=1S/C15H27F3N2/c1-3-5-13-10-19-14(2,12-6-7-12)11-20(13)9-4-8-15(16,17)18/h12-13,19H,3-11H2,1-2H3. The van der Waals surface area contributed by atoms with Crippen LogP contribution < -0.4 is 5.32 Å². The first kappa shape index (κ1) is 16.1. The highest BCUT2D eigenvalue weighted by molar-refractivity contribution is 5.04. The van der Waals surface area contributed by atoms with Gasteiger partial charge in [0.05, 0.1) is 0 Å². The lowest BCUT2D eigenvalue weighted by Crippen LogP contribution is -2.64. The highest BCUT2D eigenvalue weighted by Gasteiger charge is 2.45. The van der Waals surface area contributed by atoms with Crippen LogP contribution in [0.5, 0.6) is 0 Å². The predicted molar refractivity (Wildman–Crippen MR) is 74.7 cm³/mol. The molecule has 118 valence electrons. The minimum absolute atomic E-state index is 0.114. The summed E-state index contributed by atoms with van der Waals surface area (Å²) in [7, 11) is 0. The minimum atomic E-state index is -4.02. The Labute approximate surface area is 120 Å². The number of nitrogens with one attached hydrogen (secondary N) is 1. The van der Waals surface area contributed by atoms with Crippen molar-refractivity contribution in [3.8, 4) is 0 Å².